The molecule has 1 aliphatic rings. The first-order valence-electron chi connectivity index (χ1n) is 4.20. The van der Waals surface area contributed by atoms with Gasteiger partial charge in [0.1, 0.15) is 11.8 Å². The molecular weight excluding hydrogens is 174 g/mol. The summed E-state index contributed by atoms with van der Waals surface area (Å²) in [5.74, 6) is -1.38. The predicted octanol–water partition coefficient (Wildman–Crippen LogP) is -0.606. The van der Waals surface area contributed by atoms with Crippen LogP contribution >= 0.6 is 0 Å². The lowest BCUT2D eigenvalue weighted by molar-refractivity contribution is -0.140. The summed E-state index contributed by atoms with van der Waals surface area (Å²) in [5.41, 5.74) is 5.22. The van der Waals surface area contributed by atoms with Crippen LogP contribution in [0.15, 0.2) is 0 Å². The molecule has 0 bridgehead atoms. The lowest BCUT2D eigenvalue weighted by atomic mass is 9.98. The number of aliphatic carboxylic acids is 1. The predicted molar refractivity (Wildman–Crippen MR) is 44.2 cm³/mol. The first-order chi connectivity index (χ1) is 6.11. The van der Waals surface area contributed by atoms with Crippen molar-refractivity contribution in [2.24, 2.45) is 11.7 Å². The standard InChI is InChI=1S/C8H13NO4/c9-6(8(11)12)3-7(10)5-1-2-13-4-5/h5-6H,1-4,9H2,(H,11,12)/t5?,6-/m1/s1. The van der Waals surface area contributed by atoms with Crippen molar-refractivity contribution in [2.75, 3.05) is 13.2 Å². The number of carbonyl (C=O) groups is 2. The number of carboxylic acid groups (broad SMARTS) is 1. The number of hydrogen-bond acceptors (Lipinski definition) is 4. The molecule has 1 fully saturated rings. The van der Waals surface area contributed by atoms with E-state index in [2.05, 4.69) is 0 Å². The van der Waals surface area contributed by atoms with Crippen molar-refractivity contribution in [2.45, 2.75) is 18.9 Å². The van der Waals surface area contributed by atoms with Crippen LogP contribution in [-0.2, 0) is 14.3 Å². The minimum Gasteiger partial charge on any atom is -0.480 e. The Labute approximate surface area is 75.9 Å². The lowest BCUT2D eigenvalue weighted by Crippen LogP contribution is -2.34. The maximum absolute atomic E-state index is 11.3. The molecule has 2 atom stereocenters. The SMILES string of the molecule is N[C@H](CC(=O)C1CCOC1)C(=O)O. The van der Waals surface area contributed by atoms with Gasteiger partial charge in [-0.1, -0.05) is 0 Å². The van der Waals surface area contributed by atoms with Gasteiger partial charge in [-0.25, -0.2) is 0 Å². The van der Waals surface area contributed by atoms with E-state index in [9.17, 15) is 9.59 Å². The van der Waals surface area contributed by atoms with Crippen molar-refractivity contribution in [3.8, 4) is 0 Å². The Morgan fingerprint density at radius 1 is 1.62 bits per heavy atom. The highest BCUT2D eigenvalue weighted by Crippen LogP contribution is 2.15. The molecule has 1 saturated heterocycles. The minimum atomic E-state index is -1.13. The molecule has 0 aromatic heterocycles. The van der Waals surface area contributed by atoms with E-state index in [0.717, 1.165) is 0 Å². The van der Waals surface area contributed by atoms with Crippen molar-refractivity contribution < 1.29 is 19.4 Å². The Hall–Kier alpha value is -0.940. The second-order valence-corrected chi connectivity index (χ2v) is 3.18. The van der Waals surface area contributed by atoms with Crippen LogP contribution in [0, 0.1) is 5.92 Å². The topological polar surface area (TPSA) is 89.6 Å². The quantitative estimate of drug-likeness (QED) is 0.613. The molecule has 0 aromatic rings. The van der Waals surface area contributed by atoms with Crippen LogP contribution in [-0.4, -0.2) is 36.1 Å². The largest absolute Gasteiger partial charge is 0.480 e. The first-order valence-corrected chi connectivity index (χ1v) is 4.20. The van der Waals surface area contributed by atoms with E-state index in [1.165, 1.54) is 0 Å². The van der Waals surface area contributed by atoms with Crippen LogP contribution in [0.3, 0.4) is 0 Å². The van der Waals surface area contributed by atoms with Crippen molar-refractivity contribution >= 4 is 11.8 Å². The number of nitrogens with two attached hydrogens (primary N) is 1. The highest BCUT2D eigenvalue weighted by molar-refractivity contribution is 5.87. The molecule has 1 heterocycles. The Bertz CT molecular complexity index is 210. The molecule has 1 unspecified atom stereocenters. The fourth-order valence-electron chi connectivity index (χ4n) is 1.26. The monoisotopic (exact) mass is 187 g/mol. The van der Waals surface area contributed by atoms with Crippen molar-refractivity contribution in [1.29, 1.82) is 0 Å². The van der Waals surface area contributed by atoms with E-state index in [-0.39, 0.29) is 18.1 Å². The highest BCUT2D eigenvalue weighted by Gasteiger charge is 2.26. The summed E-state index contributed by atoms with van der Waals surface area (Å²) >= 11 is 0. The third-order valence-electron chi connectivity index (χ3n) is 2.12. The lowest BCUT2D eigenvalue weighted by Gasteiger charge is -2.08. The molecule has 0 saturated carbocycles. The Morgan fingerprint density at radius 3 is 2.77 bits per heavy atom. The molecule has 0 radical (unpaired) electrons. The van der Waals surface area contributed by atoms with E-state index >= 15 is 0 Å². The number of ether oxygens (including phenoxy) is 1. The van der Waals surface area contributed by atoms with E-state index < -0.39 is 12.0 Å². The number of carboxylic acids is 1. The maximum Gasteiger partial charge on any atom is 0.320 e. The second-order valence-electron chi connectivity index (χ2n) is 3.18. The number of hydrogen-bond donors (Lipinski definition) is 2. The third-order valence-corrected chi connectivity index (χ3v) is 2.12. The highest BCUT2D eigenvalue weighted by atomic mass is 16.5. The molecule has 5 heteroatoms. The smallest absolute Gasteiger partial charge is 0.320 e. The van der Waals surface area contributed by atoms with Gasteiger partial charge in [-0.2, -0.15) is 0 Å². The number of Topliss-reactive ketones (excluding diaryl/α,β-unsaturated/α-hetero) is 1. The van der Waals surface area contributed by atoms with Gasteiger partial charge in [-0.15, -0.1) is 0 Å². The fraction of sp³-hybridized carbons (Fsp3) is 0.750. The molecule has 13 heavy (non-hydrogen) atoms. The van der Waals surface area contributed by atoms with Crippen LogP contribution in [0.1, 0.15) is 12.8 Å². The van der Waals surface area contributed by atoms with Crippen molar-refractivity contribution in [3.05, 3.63) is 0 Å². The van der Waals surface area contributed by atoms with Crippen LogP contribution in [0.25, 0.3) is 0 Å². The fourth-order valence-corrected chi connectivity index (χ4v) is 1.26. The van der Waals surface area contributed by atoms with Crippen LogP contribution < -0.4 is 5.73 Å². The van der Waals surface area contributed by atoms with E-state index in [1.807, 2.05) is 0 Å². The first kappa shape index (κ1) is 10.1. The molecule has 0 aromatic carbocycles. The summed E-state index contributed by atoms with van der Waals surface area (Å²) in [6, 6.07) is -1.08. The zero-order valence-corrected chi connectivity index (χ0v) is 7.23. The Kier molecular flexibility index (Phi) is 3.39. The molecule has 3 N–H and O–H groups in total. The molecule has 1 aliphatic heterocycles. The van der Waals surface area contributed by atoms with E-state index in [1.54, 1.807) is 0 Å². The molecule has 0 aliphatic carbocycles. The van der Waals surface area contributed by atoms with Crippen molar-refractivity contribution in [3.63, 3.8) is 0 Å². The Balaban J connectivity index is 2.35. The van der Waals surface area contributed by atoms with Crippen LogP contribution in [0.4, 0.5) is 0 Å². The van der Waals surface area contributed by atoms with Gasteiger partial charge in [0.25, 0.3) is 0 Å². The van der Waals surface area contributed by atoms with E-state index in [4.69, 9.17) is 15.6 Å². The van der Waals surface area contributed by atoms with Crippen LogP contribution in [0.2, 0.25) is 0 Å². The summed E-state index contributed by atoms with van der Waals surface area (Å²) in [4.78, 5) is 21.7. The van der Waals surface area contributed by atoms with Crippen molar-refractivity contribution in [1.82, 2.24) is 0 Å². The summed E-state index contributed by atoms with van der Waals surface area (Å²) in [5, 5.41) is 8.47. The maximum atomic E-state index is 11.3. The van der Waals surface area contributed by atoms with E-state index in [0.29, 0.717) is 19.6 Å². The third kappa shape index (κ3) is 2.78. The zero-order chi connectivity index (χ0) is 9.84. The molecule has 5 nitrogen and oxygen atoms in total. The van der Waals surface area contributed by atoms with Gasteiger partial charge in [0.05, 0.1) is 6.61 Å². The van der Waals surface area contributed by atoms with Gasteiger partial charge in [0, 0.05) is 18.9 Å². The van der Waals surface area contributed by atoms with Crippen LogP contribution in [0.5, 0.6) is 0 Å². The Morgan fingerprint density at radius 2 is 2.31 bits per heavy atom. The summed E-state index contributed by atoms with van der Waals surface area (Å²) in [6.07, 6.45) is 0.592. The second kappa shape index (κ2) is 4.34. The molecular formula is C8H13NO4. The van der Waals surface area contributed by atoms with Gasteiger partial charge < -0.3 is 15.6 Å². The number of rotatable bonds is 4. The minimum absolute atomic E-state index is 0.0939. The van der Waals surface area contributed by atoms with Gasteiger partial charge in [-0.3, -0.25) is 9.59 Å². The average molecular weight is 187 g/mol. The molecule has 0 spiro atoms. The normalized spacial score (nSPS) is 24.2. The molecule has 0 amide bonds. The summed E-state index contributed by atoms with van der Waals surface area (Å²) in [6.45, 7) is 0.990. The van der Waals surface area contributed by atoms with Gasteiger partial charge in [0.15, 0.2) is 0 Å². The molecule has 74 valence electrons. The summed E-state index contributed by atoms with van der Waals surface area (Å²) < 4.78 is 5.01. The zero-order valence-electron chi connectivity index (χ0n) is 7.23. The average Bonchev–Trinajstić information content (AvgIpc) is 2.55. The molecule has 1 rings (SSSR count). The number of carbonyl (C=O) groups excluding carboxylic acids is 1. The van der Waals surface area contributed by atoms with Gasteiger partial charge in [-0.05, 0) is 6.42 Å². The van der Waals surface area contributed by atoms with Gasteiger partial charge in [0.2, 0.25) is 0 Å². The number of ketones is 1. The summed E-state index contributed by atoms with van der Waals surface area (Å²) in [7, 11) is 0. The van der Waals surface area contributed by atoms with Gasteiger partial charge >= 0.3 is 5.97 Å².